The molecule has 0 spiro atoms. The first-order chi connectivity index (χ1) is 4.74. The molecule has 0 N–H and O–H groups in total. The molecule has 5 heteroatoms. The summed E-state index contributed by atoms with van der Waals surface area (Å²) in [6.45, 7) is 1.93. The standard InChI is InChI=1S/C5H7BN4/c1-4-3-5(7-9-6)8-10(4)2/h3H,1-2H3. The Kier molecular flexibility index (Phi) is 1.84. The molecule has 1 aromatic rings. The van der Waals surface area contributed by atoms with E-state index in [4.69, 9.17) is 7.98 Å². The molecule has 1 rings (SSSR count). The molecule has 0 aromatic carbocycles. The van der Waals surface area contributed by atoms with Crippen LogP contribution in [0.15, 0.2) is 16.2 Å². The van der Waals surface area contributed by atoms with Crippen LogP contribution in [0.1, 0.15) is 5.69 Å². The van der Waals surface area contributed by atoms with E-state index in [0.717, 1.165) is 5.69 Å². The van der Waals surface area contributed by atoms with E-state index in [0.29, 0.717) is 5.82 Å². The maximum Gasteiger partial charge on any atom is 0.293 e. The molecular formula is C5H7BN4. The Morgan fingerprint density at radius 3 is 2.80 bits per heavy atom. The summed E-state index contributed by atoms with van der Waals surface area (Å²) in [5.74, 6) is 0.544. The van der Waals surface area contributed by atoms with E-state index in [1.165, 1.54) is 0 Å². The summed E-state index contributed by atoms with van der Waals surface area (Å²) >= 11 is 0. The van der Waals surface area contributed by atoms with Crippen LogP contribution in [0.25, 0.3) is 0 Å². The molecular weight excluding hydrogens is 127 g/mol. The topological polar surface area (TPSA) is 42.5 Å². The summed E-state index contributed by atoms with van der Waals surface area (Å²) in [5, 5.41) is 10.6. The van der Waals surface area contributed by atoms with Gasteiger partial charge in [0.2, 0.25) is 0 Å². The Morgan fingerprint density at radius 1 is 1.70 bits per heavy atom. The third-order valence-electron chi connectivity index (χ3n) is 1.26. The van der Waals surface area contributed by atoms with E-state index in [9.17, 15) is 0 Å². The first-order valence-electron chi connectivity index (χ1n) is 2.85. The molecule has 0 bridgehead atoms. The van der Waals surface area contributed by atoms with Crippen LogP contribution in [0.5, 0.6) is 0 Å². The van der Waals surface area contributed by atoms with E-state index >= 15 is 0 Å². The third-order valence-corrected chi connectivity index (χ3v) is 1.26. The fourth-order valence-electron chi connectivity index (χ4n) is 0.650. The predicted octanol–water partition coefficient (Wildman–Crippen LogP) is 0.896. The lowest BCUT2D eigenvalue weighted by Gasteiger charge is -1.87. The van der Waals surface area contributed by atoms with Crippen LogP contribution in [0.2, 0.25) is 0 Å². The summed E-state index contributed by atoms with van der Waals surface area (Å²) in [5.41, 5.74) is 1.03. The van der Waals surface area contributed by atoms with Crippen LogP contribution >= 0.6 is 0 Å². The maximum absolute atomic E-state index is 4.83. The normalized spacial score (nSPS) is 11.0. The first kappa shape index (κ1) is 6.99. The summed E-state index contributed by atoms with van der Waals surface area (Å²) < 4.78 is 1.71. The highest BCUT2D eigenvalue weighted by Crippen LogP contribution is 2.09. The summed E-state index contributed by atoms with van der Waals surface area (Å²) in [6.07, 6.45) is 0. The van der Waals surface area contributed by atoms with Gasteiger partial charge in [-0.3, -0.25) is 9.71 Å². The highest BCUT2D eigenvalue weighted by atomic mass is 15.3. The first-order valence-corrected chi connectivity index (χ1v) is 2.85. The lowest BCUT2D eigenvalue weighted by Crippen LogP contribution is -1.90. The van der Waals surface area contributed by atoms with Crippen molar-refractivity contribution in [2.75, 3.05) is 0 Å². The van der Waals surface area contributed by atoms with Crippen molar-refractivity contribution < 1.29 is 0 Å². The van der Waals surface area contributed by atoms with E-state index < -0.39 is 0 Å². The van der Waals surface area contributed by atoms with Crippen LogP contribution < -0.4 is 0 Å². The molecule has 4 nitrogen and oxygen atoms in total. The predicted molar refractivity (Wildman–Crippen MR) is 38.2 cm³/mol. The summed E-state index contributed by atoms with van der Waals surface area (Å²) in [7, 11) is 6.67. The highest BCUT2D eigenvalue weighted by molar-refractivity contribution is 6.04. The van der Waals surface area contributed by atoms with Gasteiger partial charge in [0.25, 0.3) is 7.98 Å². The molecule has 0 saturated heterocycles. The second kappa shape index (κ2) is 2.64. The van der Waals surface area contributed by atoms with Gasteiger partial charge in [-0.1, -0.05) is 0 Å². The second-order valence-corrected chi connectivity index (χ2v) is 1.98. The molecule has 50 valence electrons. The average molecular weight is 134 g/mol. The number of aromatic nitrogens is 2. The molecule has 2 radical (unpaired) electrons. The Balaban J connectivity index is 2.98. The van der Waals surface area contributed by atoms with Crippen LogP contribution in [-0.2, 0) is 7.05 Å². The molecule has 0 aliphatic carbocycles. The van der Waals surface area contributed by atoms with Crippen molar-refractivity contribution >= 4 is 13.8 Å². The van der Waals surface area contributed by atoms with Crippen molar-refractivity contribution in [1.82, 2.24) is 9.78 Å². The minimum Gasteiger partial charge on any atom is -0.271 e. The maximum atomic E-state index is 4.83. The largest absolute Gasteiger partial charge is 0.293 e. The van der Waals surface area contributed by atoms with E-state index in [2.05, 4.69) is 15.2 Å². The molecule has 0 fully saturated rings. The third kappa shape index (κ3) is 1.23. The zero-order valence-electron chi connectivity index (χ0n) is 5.94. The summed E-state index contributed by atoms with van der Waals surface area (Å²) in [4.78, 5) is 0. The van der Waals surface area contributed by atoms with E-state index in [1.807, 2.05) is 14.0 Å². The van der Waals surface area contributed by atoms with Crippen LogP contribution in [-0.4, -0.2) is 17.8 Å². The van der Waals surface area contributed by atoms with Crippen molar-refractivity contribution in [3.05, 3.63) is 11.8 Å². The molecule has 0 unspecified atom stereocenters. The molecule has 0 aliphatic rings. The number of hydrogen-bond donors (Lipinski definition) is 0. The highest BCUT2D eigenvalue weighted by Gasteiger charge is 1.96. The lowest BCUT2D eigenvalue weighted by atomic mass is 10.5. The molecule has 1 aromatic heterocycles. The smallest absolute Gasteiger partial charge is 0.271 e. The Bertz CT molecular complexity index is 233. The van der Waals surface area contributed by atoms with Gasteiger partial charge in [-0.05, 0) is 6.92 Å². The Morgan fingerprint density at radius 2 is 2.40 bits per heavy atom. The minimum atomic E-state index is 0.544. The van der Waals surface area contributed by atoms with Crippen molar-refractivity contribution in [2.45, 2.75) is 6.92 Å². The zero-order valence-corrected chi connectivity index (χ0v) is 5.94. The number of rotatable bonds is 1. The van der Waals surface area contributed by atoms with Gasteiger partial charge in [0.15, 0.2) is 5.82 Å². The monoisotopic (exact) mass is 134 g/mol. The van der Waals surface area contributed by atoms with Gasteiger partial charge < -0.3 is 0 Å². The fraction of sp³-hybridized carbons (Fsp3) is 0.400. The van der Waals surface area contributed by atoms with Gasteiger partial charge in [-0.25, -0.2) is 0 Å². The molecule has 0 amide bonds. The quantitative estimate of drug-likeness (QED) is 0.415. The number of hydrogen-bond acceptors (Lipinski definition) is 3. The van der Waals surface area contributed by atoms with Gasteiger partial charge in [-0.2, -0.15) is 10.2 Å². The molecule has 1 heterocycles. The average Bonchev–Trinajstić information content (AvgIpc) is 2.14. The fourth-order valence-corrected chi connectivity index (χ4v) is 0.650. The number of nitrogens with zero attached hydrogens (tertiary/aromatic N) is 4. The van der Waals surface area contributed by atoms with Crippen molar-refractivity contribution in [3.63, 3.8) is 0 Å². The summed E-state index contributed by atoms with van der Waals surface area (Å²) in [6, 6.07) is 1.80. The lowest BCUT2D eigenvalue weighted by molar-refractivity contribution is 0.740. The number of aryl methyl sites for hydroxylation is 2. The van der Waals surface area contributed by atoms with Gasteiger partial charge in [0.05, 0.1) is 0 Å². The molecule has 0 aliphatic heterocycles. The zero-order chi connectivity index (χ0) is 7.56. The SMILES string of the molecule is [B]N=Nc1cc(C)n(C)n1. The molecule has 10 heavy (non-hydrogen) atoms. The van der Waals surface area contributed by atoms with E-state index in [1.54, 1.807) is 10.7 Å². The van der Waals surface area contributed by atoms with Crippen LogP contribution in [0.3, 0.4) is 0 Å². The minimum absolute atomic E-state index is 0.544. The molecule has 0 saturated carbocycles. The van der Waals surface area contributed by atoms with Crippen molar-refractivity contribution in [2.24, 2.45) is 17.2 Å². The Hall–Kier alpha value is -1.13. The van der Waals surface area contributed by atoms with Crippen molar-refractivity contribution in [1.29, 1.82) is 0 Å². The van der Waals surface area contributed by atoms with Crippen LogP contribution in [0.4, 0.5) is 5.82 Å². The van der Waals surface area contributed by atoms with Crippen LogP contribution in [0, 0.1) is 6.92 Å². The van der Waals surface area contributed by atoms with Gasteiger partial charge in [0.1, 0.15) is 0 Å². The Labute approximate surface area is 60.4 Å². The van der Waals surface area contributed by atoms with Crippen molar-refractivity contribution in [3.8, 4) is 0 Å². The second-order valence-electron chi connectivity index (χ2n) is 1.98. The van der Waals surface area contributed by atoms with Gasteiger partial charge in [0, 0.05) is 18.8 Å². The van der Waals surface area contributed by atoms with Gasteiger partial charge >= 0.3 is 0 Å². The van der Waals surface area contributed by atoms with Gasteiger partial charge in [-0.15, -0.1) is 0 Å². The molecule has 0 atom stereocenters. The van der Waals surface area contributed by atoms with E-state index in [-0.39, 0.29) is 0 Å².